The monoisotopic (exact) mass is 470 g/mol. The average molecular weight is 471 g/mol. The molecule has 2 aliphatic heterocycles. The summed E-state index contributed by atoms with van der Waals surface area (Å²) in [6.45, 7) is 6.25. The lowest BCUT2D eigenvalue weighted by molar-refractivity contribution is -0.121. The largest absolute Gasteiger partial charge is 0.492 e. The van der Waals surface area contributed by atoms with E-state index in [4.69, 9.17) is 26.8 Å². The molecule has 0 bridgehead atoms. The van der Waals surface area contributed by atoms with Gasteiger partial charge in [0.25, 0.3) is 0 Å². The van der Waals surface area contributed by atoms with Crippen molar-refractivity contribution in [1.82, 2.24) is 19.9 Å². The summed E-state index contributed by atoms with van der Waals surface area (Å²) in [5, 5.41) is 0.520. The van der Waals surface area contributed by atoms with Gasteiger partial charge in [-0.05, 0) is 30.7 Å². The molecule has 1 amide bonds. The topological polar surface area (TPSA) is 110 Å². The number of fused-ring (bicyclic) bond motifs is 1. The number of pyridine rings is 1. The Kier molecular flexibility index (Phi) is 6.34. The second kappa shape index (κ2) is 9.54. The number of carbonyl (C=O) groups is 1. The van der Waals surface area contributed by atoms with Crippen molar-refractivity contribution in [2.75, 3.05) is 57.4 Å². The predicted octanol–water partition coefficient (Wildman–Crippen LogP) is 2.30. The Hall–Kier alpha value is -2.88. The summed E-state index contributed by atoms with van der Waals surface area (Å²) in [5.74, 6) is 1.06. The van der Waals surface area contributed by atoms with Crippen LogP contribution in [0.2, 0.25) is 5.02 Å². The van der Waals surface area contributed by atoms with E-state index in [0.717, 1.165) is 55.4 Å². The predicted molar refractivity (Wildman–Crippen MR) is 127 cm³/mol. The molecule has 1 atom stereocenters. The van der Waals surface area contributed by atoms with Crippen LogP contribution < -0.4 is 15.4 Å². The minimum Gasteiger partial charge on any atom is -0.492 e. The first kappa shape index (κ1) is 21.9. The number of benzene rings is 1. The van der Waals surface area contributed by atoms with Crippen molar-refractivity contribution < 1.29 is 14.3 Å². The Labute approximate surface area is 196 Å². The molecule has 2 aliphatic rings. The van der Waals surface area contributed by atoms with Gasteiger partial charge in [-0.25, -0.2) is 9.97 Å². The summed E-state index contributed by atoms with van der Waals surface area (Å²) in [5.41, 5.74) is 8.58. The van der Waals surface area contributed by atoms with Crippen LogP contribution in [0.4, 0.5) is 5.69 Å². The molecule has 2 aromatic heterocycles. The molecule has 2 saturated heterocycles. The van der Waals surface area contributed by atoms with Gasteiger partial charge in [0.1, 0.15) is 23.7 Å². The lowest BCUT2D eigenvalue weighted by Crippen LogP contribution is -2.38. The fourth-order valence-electron chi connectivity index (χ4n) is 4.39. The van der Waals surface area contributed by atoms with Crippen molar-refractivity contribution in [3.63, 3.8) is 0 Å². The third-order valence-corrected chi connectivity index (χ3v) is 6.54. The summed E-state index contributed by atoms with van der Waals surface area (Å²) in [6, 6.07) is 7.84. The molecule has 33 heavy (non-hydrogen) atoms. The van der Waals surface area contributed by atoms with Gasteiger partial charge in [-0.1, -0.05) is 11.6 Å². The Bertz CT molecular complexity index is 1130. The second-order valence-electron chi connectivity index (χ2n) is 8.40. The van der Waals surface area contributed by atoms with Crippen LogP contribution in [-0.2, 0) is 9.53 Å². The molecule has 4 heterocycles. The number of rotatable bonds is 7. The van der Waals surface area contributed by atoms with E-state index in [-0.39, 0.29) is 11.8 Å². The highest BCUT2D eigenvalue weighted by Crippen LogP contribution is 2.36. The first-order valence-corrected chi connectivity index (χ1v) is 11.6. The molecule has 1 unspecified atom stereocenters. The number of anilines is 1. The van der Waals surface area contributed by atoms with Gasteiger partial charge in [0.2, 0.25) is 5.91 Å². The van der Waals surface area contributed by atoms with E-state index in [1.165, 1.54) is 0 Å². The second-order valence-corrected chi connectivity index (χ2v) is 8.81. The third kappa shape index (κ3) is 4.75. The molecule has 0 radical (unpaired) electrons. The average Bonchev–Trinajstić information content (AvgIpc) is 3.48. The molecule has 0 aliphatic carbocycles. The van der Waals surface area contributed by atoms with Crippen LogP contribution in [0.3, 0.4) is 0 Å². The summed E-state index contributed by atoms with van der Waals surface area (Å²) in [6.07, 6.45) is 2.32. The van der Waals surface area contributed by atoms with Crippen LogP contribution in [0.25, 0.3) is 22.6 Å². The van der Waals surface area contributed by atoms with Crippen LogP contribution in [0.1, 0.15) is 6.42 Å². The fraction of sp³-hybridized carbons (Fsp3) is 0.435. The number of nitrogens with zero attached hydrogens (tertiary/aromatic N) is 4. The van der Waals surface area contributed by atoms with Gasteiger partial charge in [-0.2, -0.15) is 0 Å². The van der Waals surface area contributed by atoms with Crippen molar-refractivity contribution in [3.05, 3.63) is 35.5 Å². The molecule has 174 valence electrons. The van der Waals surface area contributed by atoms with Crippen molar-refractivity contribution in [1.29, 1.82) is 0 Å². The van der Waals surface area contributed by atoms with E-state index in [0.29, 0.717) is 42.6 Å². The van der Waals surface area contributed by atoms with E-state index in [2.05, 4.69) is 24.8 Å². The van der Waals surface area contributed by atoms with Crippen molar-refractivity contribution in [2.45, 2.75) is 6.42 Å². The number of nitrogens with two attached hydrogens (primary N) is 1. The number of halogens is 1. The highest BCUT2D eigenvalue weighted by atomic mass is 35.5. The molecule has 0 saturated carbocycles. The zero-order valence-electron chi connectivity index (χ0n) is 18.3. The first-order valence-electron chi connectivity index (χ1n) is 11.2. The van der Waals surface area contributed by atoms with E-state index in [1.54, 1.807) is 6.20 Å². The number of primary amides is 1. The number of carbonyl (C=O) groups excluding carboxylic acids is 1. The molecular formula is C23H27ClN6O3. The van der Waals surface area contributed by atoms with Crippen LogP contribution in [0.15, 0.2) is 30.5 Å². The number of imidazole rings is 1. The van der Waals surface area contributed by atoms with E-state index >= 15 is 0 Å². The lowest BCUT2D eigenvalue weighted by atomic mass is 10.1. The molecular weight excluding hydrogens is 444 g/mol. The van der Waals surface area contributed by atoms with Crippen molar-refractivity contribution >= 4 is 34.4 Å². The summed E-state index contributed by atoms with van der Waals surface area (Å²) in [7, 11) is 0. The molecule has 3 aromatic rings. The molecule has 1 aromatic carbocycles. The molecule has 9 nitrogen and oxygen atoms in total. The van der Waals surface area contributed by atoms with E-state index in [9.17, 15) is 4.79 Å². The van der Waals surface area contributed by atoms with Gasteiger partial charge in [-0.15, -0.1) is 0 Å². The zero-order chi connectivity index (χ0) is 22.8. The minimum atomic E-state index is -0.281. The number of nitrogens with one attached hydrogen (secondary N) is 1. The molecule has 0 spiro atoms. The molecule has 3 N–H and O–H groups in total. The van der Waals surface area contributed by atoms with Gasteiger partial charge in [0.05, 0.1) is 36.0 Å². The molecule has 2 fully saturated rings. The maximum atomic E-state index is 11.6. The Morgan fingerprint density at radius 2 is 2.03 bits per heavy atom. The number of ether oxygens (including phenoxy) is 2. The molecule has 10 heteroatoms. The Morgan fingerprint density at radius 1 is 1.24 bits per heavy atom. The number of H-pyrrole nitrogens is 1. The van der Waals surface area contributed by atoms with Crippen LogP contribution in [-0.4, -0.2) is 78.3 Å². The van der Waals surface area contributed by atoms with E-state index < -0.39 is 0 Å². The van der Waals surface area contributed by atoms with Crippen LogP contribution >= 0.6 is 11.6 Å². The van der Waals surface area contributed by atoms with E-state index in [1.807, 2.05) is 24.3 Å². The summed E-state index contributed by atoms with van der Waals surface area (Å²) >= 11 is 6.50. The highest BCUT2D eigenvalue weighted by Gasteiger charge is 2.29. The number of hydrogen-bond acceptors (Lipinski definition) is 7. The minimum absolute atomic E-state index is 0.178. The van der Waals surface area contributed by atoms with Crippen molar-refractivity contribution in [2.24, 2.45) is 11.7 Å². The number of morpholine rings is 1. The zero-order valence-corrected chi connectivity index (χ0v) is 19.1. The first-order chi connectivity index (χ1) is 16.1. The summed E-state index contributed by atoms with van der Waals surface area (Å²) in [4.78, 5) is 28.4. The van der Waals surface area contributed by atoms with Gasteiger partial charge in [-0.3, -0.25) is 9.69 Å². The quantitative estimate of drug-likeness (QED) is 0.545. The highest BCUT2D eigenvalue weighted by molar-refractivity contribution is 6.34. The van der Waals surface area contributed by atoms with Gasteiger partial charge in [0, 0.05) is 38.3 Å². The number of aromatic amines is 1. The van der Waals surface area contributed by atoms with Crippen LogP contribution in [0, 0.1) is 5.92 Å². The number of hydrogen-bond donors (Lipinski definition) is 2. The normalized spacial score (nSPS) is 19.3. The van der Waals surface area contributed by atoms with Gasteiger partial charge >= 0.3 is 0 Å². The number of aromatic nitrogens is 3. The lowest BCUT2D eigenvalue weighted by Gasteiger charge is -2.26. The SMILES string of the molecule is NC(=O)C1CCN(c2c(Cl)cnc3nc(-c4ccc(OCCN5CCOCC5)cc4)[nH]c23)C1. The van der Waals surface area contributed by atoms with Crippen LogP contribution in [0.5, 0.6) is 5.75 Å². The van der Waals surface area contributed by atoms with Gasteiger partial charge < -0.3 is 25.1 Å². The number of amides is 1. The van der Waals surface area contributed by atoms with Crippen molar-refractivity contribution in [3.8, 4) is 17.1 Å². The Morgan fingerprint density at radius 3 is 2.76 bits per heavy atom. The standard InChI is InChI=1S/C23H27ClN6O3/c24-18-13-26-23-19(20(18)30-6-5-16(14-30)21(25)31)27-22(28-23)15-1-3-17(4-2-15)33-12-9-29-7-10-32-11-8-29/h1-4,13,16H,5-12,14H2,(H2,25,31)(H,26,27,28). The maximum absolute atomic E-state index is 11.6. The maximum Gasteiger partial charge on any atom is 0.222 e. The van der Waals surface area contributed by atoms with Gasteiger partial charge in [0.15, 0.2) is 5.65 Å². The molecule has 5 rings (SSSR count). The smallest absolute Gasteiger partial charge is 0.222 e. The third-order valence-electron chi connectivity index (χ3n) is 6.26. The fourth-order valence-corrected chi connectivity index (χ4v) is 4.65. The summed E-state index contributed by atoms with van der Waals surface area (Å²) < 4.78 is 11.3. The Balaban J connectivity index is 1.30.